The number of nitrogen functional groups attached to an aromatic ring is 1. The summed E-state index contributed by atoms with van der Waals surface area (Å²) in [5, 5.41) is 0. The zero-order chi connectivity index (χ0) is 14.4. The number of hydrogen-bond acceptors (Lipinski definition) is 4. The molecule has 1 aromatic carbocycles. The van der Waals surface area contributed by atoms with Crippen molar-refractivity contribution in [2.24, 2.45) is 5.92 Å². The van der Waals surface area contributed by atoms with Gasteiger partial charge in [0.15, 0.2) is 0 Å². The molecular weight excluding hydrogens is 242 g/mol. The lowest BCUT2D eigenvalue weighted by atomic mass is 10.1. The number of anilines is 1. The van der Waals surface area contributed by atoms with Gasteiger partial charge in [0.1, 0.15) is 11.3 Å². The van der Waals surface area contributed by atoms with Crippen LogP contribution in [0.1, 0.15) is 44.5 Å². The van der Waals surface area contributed by atoms with Crippen LogP contribution in [0.2, 0.25) is 0 Å². The van der Waals surface area contributed by atoms with E-state index in [2.05, 4.69) is 13.8 Å². The van der Waals surface area contributed by atoms with Crippen molar-refractivity contribution in [3.8, 4) is 5.75 Å². The largest absolute Gasteiger partial charge is 0.490 e. The van der Waals surface area contributed by atoms with Crippen LogP contribution in [0.25, 0.3) is 0 Å². The van der Waals surface area contributed by atoms with Gasteiger partial charge in [-0.15, -0.1) is 0 Å². The van der Waals surface area contributed by atoms with E-state index in [4.69, 9.17) is 15.2 Å². The summed E-state index contributed by atoms with van der Waals surface area (Å²) in [5.74, 6) is 0.664. The van der Waals surface area contributed by atoms with Crippen molar-refractivity contribution < 1.29 is 14.3 Å². The molecule has 1 atom stereocenters. The molecule has 1 aromatic rings. The third-order valence-electron chi connectivity index (χ3n) is 2.63. The fraction of sp³-hybridized carbons (Fsp3) is 0.533. The van der Waals surface area contributed by atoms with Crippen LogP contribution in [0.4, 0.5) is 5.69 Å². The molecule has 0 saturated heterocycles. The van der Waals surface area contributed by atoms with Gasteiger partial charge in [-0.3, -0.25) is 0 Å². The molecule has 106 valence electrons. The summed E-state index contributed by atoms with van der Waals surface area (Å²) in [4.78, 5) is 11.9. The highest BCUT2D eigenvalue weighted by atomic mass is 16.5. The Morgan fingerprint density at radius 1 is 1.32 bits per heavy atom. The van der Waals surface area contributed by atoms with Crippen LogP contribution in [0.15, 0.2) is 18.2 Å². The first kappa shape index (κ1) is 15.3. The van der Waals surface area contributed by atoms with E-state index in [1.54, 1.807) is 25.1 Å². The number of carbonyl (C=O) groups is 1. The molecule has 0 aliphatic rings. The Bertz CT molecular complexity index is 429. The van der Waals surface area contributed by atoms with Crippen molar-refractivity contribution in [3.63, 3.8) is 0 Å². The zero-order valence-electron chi connectivity index (χ0n) is 12.1. The van der Waals surface area contributed by atoms with Crippen LogP contribution in [-0.2, 0) is 4.74 Å². The minimum atomic E-state index is -0.401. The van der Waals surface area contributed by atoms with E-state index in [1.807, 2.05) is 6.92 Å². The van der Waals surface area contributed by atoms with Gasteiger partial charge >= 0.3 is 5.97 Å². The van der Waals surface area contributed by atoms with E-state index in [1.165, 1.54) is 0 Å². The molecule has 1 unspecified atom stereocenters. The molecule has 0 aromatic heterocycles. The molecule has 0 radical (unpaired) electrons. The fourth-order valence-electron chi connectivity index (χ4n) is 1.95. The first-order valence-electron chi connectivity index (χ1n) is 6.67. The maximum absolute atomic E-state index is 11.9. The molecule has 0 fully saturated rings. The van der Waals surface area contributed by atoms with E-state index in [0.29, 0.717) is 29.5 Å². The van der Waals surface area contributed by atoms with Crippen LogP contribution < -0.4 is 10.5 Å². The highest BCUT2D eigenvalue weighted by Crippen LogP contribution is 2.24. The number of esters is 1. The summed E-state index contributed by atoms with van der Waals surface area (Å²) in [6, 6.07) is 5.04. The maximum Gasteiger partial charge on any atom is 0.341 e. The third kappa shape index (κ3) is 4.81. The van der Waals surface area contributed by atoms with Crippen molar-refractivity contribution in [3.05, 3.63) is 23.8 Å². The second kappa shape index (κ2) is 7.02. The molecule has 0 bridgehead atoms. The Balaban J connectivity index is 2.90. The Morgan fingerprint density at radius 2 is 2.00 bits per heavy atom. The van der Waals surface area contributed by atoms with Crippen molar-refractivity contribution >= 4 is 11.7 Å². The van der Waals surface area contributed by atoms with E-state index in [-0.39, 0.29) is 6.10 Å². The normalized spacial score (nSPS) is 12.3. The van der Waals surface area contributed by atoms with Gasteiger partial charge in [-0.1, -0.05) is 13.8 Å². The average molecular weight is 265 g/mol. The second-order valence-electron chi connectivity index (χ2n) is 5.03. The van der Waals surface area contributed by atoms with Gasteiger partial charge in [-0.25, -0.2) is 4.79 Å². The van der Waals surface area contributed by atoms with Crippen molar-refractivity contribution in [1.82, 2.24) is 0 Å². The summed E-state index contributed by atoms with van der Waals surface area (Å²) < 4.78 is 10.8. The predicted octanol–water partition coefficient (Wildman–Crippen LogP) is 3.26. The molecule has 0 amide bonds. The SMILES string of the molecule is CCOC(=O)c1cc(N)ccc1OC(C)CC(C)C. The summed E-state index contributed by atoms with van der Waals surface area (Å²) in [5.41, 5.74) is 6.62. The number of hydrogen-bond donors (Lipinski definition) is 1. The van der Waals surface area contributed by atoms with Crippen molar-refractivity contribution in [2.75, 3.05) is 12.3 Å². The first-order valence-corrected chi connectivity index (χ1v) is 6.67. The lowest BCUT2D eigenvalue weighted by Crippen LogP contribution is -2.17. The van der Waals surface area contributed by atoms with Crippen molar-refractivity contribution in [2.45, 2.75) is 40.2 Å². The molecular formula is C15H23NO3. The molecule has 4 nitrogen and oxygen atoms in total. The molecule has 1 rings (SSSR count). The van der Waals surface area contributed by atoms with Gasteiger partial charge in [0.2, 0.25) is 0 Å². The number of ether oxygens (including phenoxy) is 2. The molecule has 0 saturated carbocycles. The highest BCUT2D eigenvalue weighted by Gasteiger charge is 2.16. The number of benzene rings is 1. The Morgan fingerprint density at radius 3 is 2.58 bits per heavy atom. The number of rotatable bonds is 6. The molecule has 0 aliphatic carbocycles. The Kier molecular flexibility index (Phi) is 5.67. The van der Waals surface area contributed by atoms with Crippen LogP contribution in [0.3, 0.4) is 0 Å². The Hall–Kier alpha value is -1.71. The summed E-state index contributed by atoms with van der Waals surface area (Å²) >= 11 is 0. The van der Waals surface area contributed by atoms with Gasteiger partial charge < -0.3 is 15.2 Å². The zero-order valence-corrected chi connectivity index (χ0v) is 12.1. The van der Waals surface area contributed by atoms with Gasteiger partial charge in [0.05, 0.1) is 12.7 Å². The highest BCUT2D eigenvalue weighted by molar-refractivity contribution is 5.93. The number of nitrogens with two attached hydrogens (primary N) is 1. The first-order chi connectivity index (χ1) is 8.93. The van der Waals surface area contributed by atoms with Crippen molar-refractivity contribution in [1.29, 1.82) is 0 Å². The number of carbonyl (C=O) groups excluding carboxylic acids is 1. The molecule has 0 heterocycles. The standard InChI is InChI=1S/C15H23NO3/c1-5-18-15(17)13-9-12(16)6-7-14(13)19-11(4)8-10(2)3/h6-7,9-11H,5,8,16H2,1-4H3. The van der Waals surface area contributed by atoms with Gasteiger partial charge in [-0.2, -0.15) is 0 Å². The van der Waals surface area contributed by atoms with E-state index >= 15 is 0 Å². The summed E-state index contributed by atoms with van der Waals surface area (Å²) in [6.45, 7) is 8.36. The smallest absolute Gasteiger partial charge is 0.341 e. The quantitative estimate of drug-likeness (QED) is 0.633. The second-order valence-corrected chi connectivity index (χ2v) is 5.03. The van der Waals surface area contributed by atoms with Gasteiger partial charge in [-0.05, 0) is 44.4 Å². The molecule has 0 aliphatic heterocycles. The van der Waals surface area contributed by atoms with Crippen LogP contribution in [-0.4, -0.2) is 18.7 Å². The lowest BCUT2D eigenvalue weighted by Gasteiger charge is -2.18. The van der Waals surface area contributed by atoms with Crippen LogP contribution >= 0.6 is 0 Å². The van der Waals surface area contributed by atoms with Crippen LogP contribution in [0, 0.1) is 5.92 Å². The third-order valence-corrected chi connectivity index (χ3v) is 2.63. The summed E-state index contributed by atoms with van der Waals surface area (Å²) in [7, 11) is 0. The van der Waals surface area contributed by atoms with E-state index in [0.717, 1.165) is 6.42 Å². The average Bonchev–Trinajstić information content (AvgIpc) is 2.30. The van der Waals surface area contributed by atoms with E-state index < -0.39 is 5.97 Å². The minimum absolute atomic E-state index is 0.0387. The van der Waals surface area contributed by atoms with Crippen LogP contribution in [0.5, 0.6) is 5.75 Å². The monoisotopic (exact) mass is 265 g/mol. The predicted molar refractivity (Wildman–Crippen MR) is 76.4 cm³/mol. The molecule has 0 spiro atoms. The lowest BCUT2D eigenvalue weighted by molar-refractivity contribution is 0.0519. The van der Waals surface area contributed by atoms with Gasteiger partial charge in [0.25, 0.3) is 0 Å². The molecule has 19 heavy (non-hydrogen) atoms. The minimum Gasteiger partial charge on any atom is -0.490 e. The maximum atomic E-state index is 11.9. The molecule has 2 N–H and O–H groups in total. The molecule has 4 heteroatoms. The van der Waals surface area contributed by atoms with Gasteiger partial charge in [0, 0.05) is 5.69 Å². The Labute approximate surface area is 114 Å². The summed E-state index contributed by atoms with van der Waals surface area (Å²) in [6.07, 6.45) is 0.962. The fourth-order valence-corrected chi connectivity index (χ4v) is 1.95. The van der Waals surface area contributed by atoms with E-state index in [9.17, 15) is 4.79 Å². The topological polar surface area (TPSA) is 61.5 Å².